The maximum absolute atomic E-state index is 12.9. The average Bonchev–Trinajstić information content (AvgIpc) is 2.94. The van der Waals surface area contributed by atoms with Gasteiger partial charge in [0, 0.05) is 12.6 Å². The zero-order chi connectivity index (χ0) is 18.6. The molecular formula is C19H26N2O4. The van der Waals surface area contributed by atoms with Gasteiger partial charge in [0.1, 0.15) is 6.04 Å². The van der Waals surface area contributed by atoms with E-state index in [1.807, 2.05) is 44.2 Å². The Morgan fingerprint density at radius 1 is 1.24 bits per heavy atom. The molecule has 0 aliphatic carbocycles. The van der Waals surface area contributed by atoms with Crippen molar-refractivity contribution < 1.29 is 19.5 Å². The number of nitrogens with one attached hydrogen (secondary N) is 1. The van der Waals surface area contributed by atoms with E-state index in [9.17, 15) is 19.5 Å². The van der Waals surface area contributed by atoms with Crippen molar-refractivity contribution in [2.45, 2.75) is 45.7 Å². The second-order valence-corrected chi connectivity index (χ2v) is 6.96. The molecule has 25 heavy (non-hydrogen) atoms. The molecule has 1 fully saturated rings. The molecule has 0 spiro atoms. The van der Waals surface area contributed by atoms with Gasteiger partial charge in [-0.05, 0) is 24.8 Å². The van der Waals surface area contributed by atoms with Crippen LogP contribution in [0, 0.1) is 11.8 Å². The van der Waals surface area contributed by atoms with Crippen molar-refractivity contribution >= 4 is 17.8 Å². The number of likely N-dealkylation sites (tertiary alicyclic amines) is 1. The lowest BCUT2D eigenvalue weighted by Gasteiger charge is -2.30. The summed E-state index contributed by atoms with van der Waals surface area (Å²) in [5.41, 5.74) is 0.885. The van der Waals surface area contributed by atoms with Crippen LogP contribution in [0.25, 0.3) is 0 Å². The van der Waals surface area contributed by atoms with Gasteiger partial charge in [0.15, 0.2) is 0 Å². The Kier molecular flexibility index (Phi) is 6.17. The summed E-state index contributed by atoms with van der Waals surface area (Å²) < 4.78 is 0. The maximum atomic E-state index is 12.9. The number of aliphatic carboxylic acids is 1. The van der Waals surface area contributed by atoms with Crippen LogP contribution >= 0.6 is 0 Å². The highest BCUT2D eigenvalue weighted by molar-refractivity contribution is 5.89. The molecule has 3 unspecified atom stereocenters. The summed E-state index contributed by atoms with van der Waals surface area (Å²) in [7, 11) is 0. The second kappa shape index (κ2) is 8.14. The van der Waals surface area contributed by atoms with Gasteiger partial charge in [0.2, 0.25) is 11.8 Å². The molecule has 1 aliphatic heterocycles. The fraction of sp³-hybridized carbons (Fsp3) is 0.526. The molecule has 1 aliphatic rings. The van der Waals surface area contributed by atoms with Crippen molar-refractivity contribution in [1.29, 1.82) is 0 Å². The fourth-order valence-corrected chi connectivity index (χ4v) is 3.28. The minimum atomic E-state index is -0.878. The number of amides is 2. The lowest BCUT2D eigenvalue weighted by atomic mass is 10.00. The van der Waals surface area contributed by atoms with E-state index in [1.54, 1.807) is 11.8 Å². The molecule has 1 aromatic rings. The largest absolute Gasteiger partial charge is 0.481 e. The van der Waals surface area contributed by atoms with Crippen molar-refractivity contribution in [3.05, 3.63) is 35.9 Å². The predicted octanol–water partition coefficient (Wildman–Crippen LogP) is 1.69. The van der Waals surface area contributed by atoms with E-state index in [1.165, 1.54) is 0 Å². The molecule has 6 nitrogen and oxygen atoms in total. The van der Waals surface area contributed by atoms with E-state index in [2.05, 4.69) is 5.32 Å². The van der Waals surface area contributed by atoms with Crippen molar-refractivity contribution in [2.24, 2.45) is 11.8 Å². The van der Waals surface area contributed by atoms with Gasteiger partial charge >= 0.3 is 5.97 Å². The zero-order valence-electron chi connectivity index (χ0n) is 14.9. The normalized spacial score (nSPS) is 21.2. The molecule has 1 saturated heterocycles. The number of carbonyl (C=O) groups is 3. The van der Waals surface area contributed by atoms with E-state index >= 15 is 0 Å². The van der Waals surface area contributed by atoms with Crippen molar-refractivity contribution in [2.75, 3.05) is 6.54 Å². The maximum Gasteiger partial charge on any atom is 0.308 e. The molecule has 0 aromatic heterocycles. The molecule has 0 radical (unpaired) electrons. The summed E-state index contributed by atoms with van der Waals surface area (Å²) in [4.78, 5) is 38.0. The molecular weight excluding hydrogens is 320 g/mol. The number of carbonyl (C=O) groups excluding carboxylic acids is 2. The first-order valence-corrected chi connectivity index (χ1v) is 8.67. The Hall–Kier alpha value is -2.37. The Morgan fingerprint density at radius 3 is 2.40 bits per heavy atom. The minimum Gasteiger partial charge on any atom is -0.481 e. The van der Waals surface area contributed by atoms with Gasteiger partial charge in [-0.25, -0.2) is 0 Å². The highest BCUT2D eigenvalue weighted by Crippen LogP contribution is 2.26. The van der Waals surface area contributed by atoms with Crippen LogP contribution in [0.1, 0.15) is 32.8 Å². The number of hydrogen-bond donors (Lipinski definition) is 2. The summed E-state index contributed by atoms with van der Waals surface area (Å²) in [5, 5.41) is 12.1. The third-order valence-corrected chi connectivity index (χ3v) is 4.81. The average molecular weight is 346 g/mol. The second-order valence-electron chi connectivity index (χ2n) is 6.96. The topological polar surface area (TPSA) is 86.7 Å². The van der Waals surface area contributed by atoms with Crippen LogP contribution < -0.4 is 5.32 Å². The number of benzene rings is 1. The Morgan fingerprint density at radius 2 is 1.88 bits per heavy atom. The highest BCUT2D eigenvalue weighted by Gasteiger charge is 2.41. The lowest BCUT2D eigenvalue weighted by Crippen LogP contribution is -2.53. The number of carboxylic acid groups (broad SMARTS) is 1. The van der Waals surface area contributed by atoms with Crippen LogP contribution in [0.3, 0.4) is 0 Å². The SMILES string of the molecule is CC(C)C(NC(=O)Cc1ccccc1)C(=O)N1CCC(C(=O)O)C1C. The third kappa shape index (κ3) is 4.59. The molecule has 2 amide bonds. The van der Waals surface area contributed by atoms with Crippen LogP contribution in [0.2, 0.25) is 0 Å². The summed E-state index contributed by atoms with van der Waals surface area (Å²) >= 11 is 0. The van der Waals surface area contributed by atoms with E-state index in [0.29, 0.717) is 13.0 Å². The van der Waals surface area contributed by atoms with Crippen LogP contribution in [0.4, 0.5) is 0 Å². The predicted molar refractivity (Wildman–Crippen MR) is 93.8 cm³/mol. The van der Waals surface area contributed by atoms with Crippen molar-refractivity contribution in [1.82, 2.24) is 10.2 Å². The van der Waals surface area contributed by atoms with Crippen molar-refractivity contribution in [3.63, 3.8) is 0 Å². The molecule has 3 atom stereocenters. The number of hydrogen-bond acceptors (Lipinski definition) is 3. The molecule has 2 rings (SSSR count). The smallest absolute Gasteiger partial charge is 0.308 e. The first kappa shape index (κ1) is 19.0. The quantitative estimate of drug-likeness (QED) is 0.821. The van der Waals surface area contributed by atoms with Gasteiger partial charge in [0.25, 0.3) is 0 Å². The lowest BCUT2D eigenvalue weighted by molar-refractivity contribution is -0.144. The first-order chi connectivity index (χ1) is 11.8. The van der Waals surface area contributed by atoms with Gasteiger partial charge in [-0.1, -0.05) is 44.2 Å². The molecule has 6 heteroatoms. The molecule has 2 N–H and O–H groups in total. The fourth-order valence-electron chi connectivity index (χ4n) is 3.28. The van der Waals surface area contributed by atoms with Gasteiger partial charge in [-0.2, -0.15) is 0 Å². The summed E-state index contributed by atoms with van der Waals surface area (Å²) in [6.45, 7) is 5.92. The summed E-state index contributed by atoms with van der Waals surface area (Å²) in [5.74, 6) is -1.91. The van der Waals surface area contributed by atoms with Crippen LogP contribution in [-0.4, -0.2) is 46.4 Å². The third-order valence-electron chi connectivity index (χ3n) is 4.81. The molecule has 136 valence electrons. The Labute approximate surface area is 148 Å². The van der Waals surface area contributed by atoms with Gasteiger partial charge < -0.3 is 15.3 Å². The Balaban J connectivity index is 2.03. The van der Waals surface area contributed by atoms with E-state index in [-0.39, 0.29) is 30.2 Å². The van der Waals surface area contributed by atoms with E-state index in [0.717, 1.165) is 5.56 Å². The molecule has 0 saturated carbocycles. The summed E-state index contributed by atoms with van der Waals surface area (Å²) in [6.07, 6.45) is 0.662. The standard InChI is InChI=1S/C19H26N2O4/c1-12(2)17(20-16(22)11-14-7-5-4-6-8-14)18(23)21-10-9-15(13(21)3)19(24)25/h4-8,12-13,15,17H,9-11H2,1-3H3,(H,20,22)(H,24,25). The zero-order valence-corrected chi connectivity index (χ0v) is 14.9. The number of rotatable bonds is 6. The van der Waals surface area contributed by atoms with Crippen LogP contribution in [-0.2, 0) is 20.8 Å². The Bertz CT molecular complexity index is 630. The molecule has 1 aromatic carbocycles. The monoisotopic (exact) mass is 346 g/mol. The number of carboxylic acids is 1. The highest BCUT2D eigenvalue weighted by atomic mass is 16.4. The number of nitrogens with zero attached hydrogens (tertiary/aromatic N) is 1. The van der Waals surface area contributed by atoms with Crippen LogP contribution in [0.5, 0.6) is 0 Å². The van der Waals surface area contributed by atoms with Crippen molar-refractivity contribution in [3.8, 4) is 0 Å². The molecule has 0 bridgehead atoms. The minimum absolute atomic E-state index is 0.0803. The van der Waals surface area contributed by atoms with Gasteiger partial charge in [-0.3, -0.25) is 14.4 Å². The van der Waals surface area contributed by atoms with E-state index < -0.39 is 17.9 Å². The first-order valence-electron chi connectivity index (χ1n) is 8.67. The van der Waals surface area contributed by atoms with Gasteiger partial charge in [0.05, 0.1) is 12.3 Å². The molecule has 1 heterocycles. The van der Waals surface area contributed by atoms with E-state index in [4.69, 9.17) is 0 Å². The summed E-state index contributed by atoms with van der Waals surface area (Å²) in [6, 6.07) is 8.34. The van der Waals surface area contributed by atoms with Gasteiger partial charge in [-0.15, -0.1) is 0 Å². The van der Waals surface area contributed by atoms with Crippen LogP contribution in [0.15, 0.2) is 30.3 Å².